The van der Waals surface area contributed by atoms with Crippen LogP contribution in [0.3, 0.4) is 0 Å². The molecule has 2 heterocycles. The van der Waals surface area contributed by atoms with Crippen LogP contribution in [-0.4, -0.2) is 17.4 Å². The van der Waals surface area contributed by atoms with E-state index in [0.29, 0.717) is 38.5 Å². The number of ketones is 2. The van der Waals surface area contributed by atoms with Gasteiger partial charge in [-0.15, -0.1) is 0 Å². The number of ether oxygens (including phenoxy) is 2. The SMILES string of the molecule is Cc1ccc(C2CC3(CC(c4ccc(C)cc4)C4=C(CC(C)(C)CC4=O)O3)OC3=C2C(=O)CC(C)(C)C3)cc1. The molecule has 0 saturated carbocycles. The maximum Gasteiger partial charge on any atom is 0.252 e. The Bertz CT molecular complexity index is 1290. The molecule has 1 spiro atoms. The fourth-order valence-electron chi connectivity index (χ4n) is 7.23. The third kappa shape index (κ3) is 4.77. The first kappa shape index (κ1) is 26.1. The lowest BCUT2D eigenvalue weighted by molar-refractivity contribution is -0.228. The third-order valence-corrected chi connectivity index (χ3v) is 9.06. The Morgan fingerprint density at radius 1 is 0.590 bits per heavy atom. The highest BCUT2D eigenvalue weighted by molar-refractivity contribution is 6.00. The number of rotatable bonds is 2. The van der Waals surface area contributed by atoms with Crippen molar-refractivity contribution in [3.05, 3.63) is 93.4 Å². The normalized spacial score (nSPS) is 29.5. The summed E-state index contributed by atoms with van der Waals surface area (Å²) in [6.07, 6.45) is 3.55. The average molecular weight is 525 g/mol. The van der Waals surface area contributed by atoms with E-state index in [0.717, 1.165) is 33.8 Å². The van der Waals surface area contributed by atoms with Crippen LogP contribution in [0.4, 0.5) is 0 Å². The van der Waals surface area contributed by atoms with Crippen molar-refractivity contribution in [3.63, 3.8) is 0 Å². The molecule has 2 unspecified atom stereocenters. The first-order valence-electron chi connectivity index (χ1n) is 14.4. The van der Waals surface area contributed by atoms with Crippen LogP contribution in [0.1, 0.15) is 100 Å². The zero-order chi connectivity index (χ0) is 27.7. The Kier molecular flexibility index (Phi) is 5.98. The number of Topliss-reactive ketones (excluding diaryl/α,β-unsaturated/α-hetero) is 2. The van der Waals surface area contributed by atoms with Crippen molar-refractivity contribution in [1.82, 2.24) is 0 Å². The van der Waals surface area contributed by atoms with Gasteiger partial charge < -0.3 is 9.47 Å². The van der Waals surface area contributed by atoms with E-state index in [-0.39, 0.29) is 34.2 Å². The zero-order valence-corrected chi connectivity index (χ0v) is 24.1. The minimum absolute atomic E-state index is 0.105. The molecular weight excluding hydrogens is 484 g/mol. The van der Waals surface area contributed by atoms with Crippen LogP contribution in [0.5, 0.6) is 0 Å². The van der Waals surface area contributed by atoms with E-state index in [1.165, 1.54) is 11.1 Å². The van der Waals surface area contributed by atoms with Gasteiger partial charge >= 0.3 is 0 Å². The van der Waals surface area contributed by atoms with Crippen molar-refractivity contribution in [2.75, 3.05) is 0 Å². The maximum atomic E-state index is 13.6. The van der Waals surface area contributed by atoms with Crippen molar-refractivity contribution in [1.29, 1.82) is 0 Å². The van der Waals surface area contributed by atoms with Gasteiger partial charge in [0.2, 0.25) is 0 Å². The van der Waals surface area contributed by atoms with E-state index in [4.69, 9.17) is 9.47 Å². The summed E-state index contributed by atoms with van der Waals surface area (Å²) in [6, 6.07) is 17.1. The molecule has 0 radical (unpaired) electrons. The summed E-state index contributed by atoms with van der Waals surface area (Å²) < 4.78 is 13.8. The van der Waals surface area contributed by atoms with E-state index in [1.807, 2.05) is 0 Å². The van der Waals surface area contributed by atoms with Gasteiger partial charge in [-0.05, 0) is 35.8 Å². The molecule has 2 aromatic carbocycles. The highest BCUT2D eigenvalue weighted by Gasteiger charge is 2.55. The van der Waals surface area contributed by atoms with Crippen molar-refractivity contribution in [2.45, 2.75) is 97.7 Å². The summed E-state index contributed by atoms with van der Waals surface area (Å²) >= 11 is 0. The second-order valence-electron chi connectivity index (χ2n) is 14.0. The highest BCUT2D eigenvalue weighted by atomic mass is 16.7. The summed E-state index contributed by atoms with van der Waals surface area (Å²) in [6.45, 7) is 12.7. The number of carbonyl (C=O) groups excluding carboxylic acids is 2. The molecule has 4 heteroatoms. The van der Waals surface area contributed by atoms with E-state index >= 15 is 0 Å². The Morgan fingerprint density at radius 3 is 1.31 bits per heavy atom. The Morgan fingerprint density at radius 2 is 0.949 bits per heavy atom. The van der Waals surface area contributed by atoms with Crippen LogP contribution >= 0.6 is 0 Å². The van der Waals surface area contributed by atoms with Crippen LogP contribution in [0.25, 0.3) is 0 Å². The first-order chi connectivity index (χ1) is 18.3. The van der Waals surface area contributed by atoms with Crippen LogP contribution in [-0.2, 0) is 19.1 Å². The molecule has 0 amide bonds. The van der Waals surface area contributed by atoms with Crippen LogP contribution < -0.4 is 0 Å². The molecule has 39 heavy (non-hydrogen) atoms. The smallest absolute Gasteiger partial charge is 0.252 e. The van der Waals surface area contributed by atoms with Crippen molar-refractivity contribution < 1.29 is 19.1 Å². The molecule has 0 aromatic heterocycles. The number of hydrogen-bond acceptors (Lipinski definition) is 4. The van der Waals surface area contributed by atoms with Gasteiger partial charge in [0.15, 0.2) is 11.6 Å². The molecule has 4 nitrogen and oxygen atoms in total. The Balaban J connectivity index is 1.50. The summed E-state index contributed by atoms with van der Waals surface area (Å²) in [5.41, 5.74) is 5.92. The van der Waals surface area contributed by atoms with Gasteiger partial charge in [-0.25, -0.2) is 0 Å². The van der Waals surface area contributed by atoms with Gasteiger partial charge in [-0.1, -0.05) is 87.4 Å². The van der Waals surface area contributed by atoms with Gasteiger partial charge in [0.1, 0.15) is 11.5 Å². The lowest BCUT2D eigenvalue weighted by Gasteiger charge is -2.51. The fourth-order valence-corrected chi connectivity index (χ4v) is 7.23. The lowest BCUT2D eigenvalue weighted by atomic mass is 9.66. The number of allylic oxidation sites excluding steroid dienone is 4. The minimum Gasteiger partial charge on any atom is -0.456 e. The molecule has 0 bridgehead atoms. The van der Waals surface area contributed by atoms with Crippen LogP contribution in [0.2, 0.25) is 0 Å². The number of aryl methyl sites for hydroxylation is 2. The monoisotopic (exact) mass is 524 g/mol. The molecule has 0 fully saturated rings. The molecule has 6 rings (SSSR count). The third-order valence-electron chi connectivity index (χ3n) is 9.06. The van der Waals surface area contributed by atoms with Gasteiger partial charge in [0, 0.05) is 61.5 Å². The summed E-state index contributed by atoms with van der Waals surface area (Å²) in [4.78, 5) is 27.2. The highest BCUT2D eigenvalue weighted by Crippen LogP contribution is 2.57. The lowest BCUT2D eigenvalue weighted by Crippen LogP contribution is -2.49. The first-order valence-corrected chi connectivity index (χ1v) is 14.4. The van der Waals surface area contributed by atoms with E-state index in [1.54, 1.807) is 0 Å². The van der Waals surface area contributed by atoms with Crippen molar-refractivity contribution >= 4 is 11.6 Å². The molecule has 2 aromatic rings. The van der Waals surface area contributed by atoms with E-state index in [2.05, 4.69) is 90.1 Å². The summed E-state index contributed by atoms with van der Waals surface area (Å²) in [5.74, 6) is 0.770. The number of carbonyl (C=O) groups is 2. The molecule has 204 valence electrons. The minimum atomic E-state index is -0.940. The molecule has 0 N–H and O–H groups in total. The molecule has 0 saturated heterocycles. The standard InChI is InChI=1S/C35H40O4/c1-21-7-11-23(12-8-21)25-15-35(38-29-19-33(3,4)17-27(36)31(25)29)16-26(24-13-9-22(2)10-14-24)32-28(37)18-34(5,6)20-30(32)39-35/h7-14,25-26H,15-20H2,1-6H3. The van der Waals surface area contributed by atoms with Crippen molar-refractivity contribution in [3.8, 4) is 0 Å². The summed E-state index contributed by atoms with van der Waals surface area (Å²) in [5, 5.41) is 0. The van der Waals surface area contributed by atoms with Gasteiger partial charge in [-0.3, -0.25) is 9.59 Å². The maximum absolute atomic E-state index is 13.6. The van der Waals surface area contributed by atoms with Gasteiger partial charge in [0.05, 0.1) is 0 Å². The predicted molar refractivity (Wildman–Crippen MR) is 152 cm³/mol. The molecular formula is C35H40O4. The van der Waals surface area contributed by atoms with Crippen molar-refractivity contribution in [2.24, 2.45) is 10.8 Å². The molecule has 2 aliphatic heterocycles. The quantitative estimate of drug-likeness (QED) is 0.399. The second-order valence-corrected chi connectivity index (χ2v) is 14.0. The fraction of sp³-hybridized carbons (Fsp3) is 0.486. The second kappa shape index (κ2) is 8.94. The van der Waals surface area contributed by atoms with Crippen LogP contribution in [0.15, 0.2) is 71.2 Å². The Labute approximate surface area is 232 Å². The molecule has 2 atom stereocenters. The molecule has 4 aliphatic rings. The van der Waals surface area contributed by atoms with E-state index in [9.17, 15) is 9.59 Å². The topological polar surface area (TPSA) is 52.6 Å². The average Bonchev–Trinajstić information content (AvgIpc) is 2.82. The number of benzene rings is 2. The van der Waals surface area contributed by atoms with Crippen LogP contribution in [0, 0.1) is 24.7 Å². The molecule has 2 aliphatic carbocycles. The Hall–Kier alpha value is -3.14. The summed E-state index contributed by atoms with van der Waals surface area (Å²) in [7, 11) is 0. The van der Waals surface area contributed by atoms with Gasteiger partial charge in [0.25, 0.3) is 5.79 Å². The number of hydrogen-bond donors (Lipinski definition) is 0. The zero-order valence-electron chi connectivity index (χ0n) is 24.1. The van der Waals surface area contributed by atoms with Gasteiger partial charge in [-0.2, -0.15) is 0 Å². The largest absolute Gasteiger partial charge is 0.456 e. The predicted octanol–water partition coefficient (Wildman–Crippen LogP) is 7.99. The van der Waals surface area contributed by atoms with E-state index < -0.39 is 5.79 Å².